The summed E-state index contributed by atoms with van der Waals surface area (Å²) in [5.41, 5.74) is 16.3. The van der Waals surface area contributed by atoms with Crippen LogP contribution in [0.1, 0.15) is 0 Å². The van der Waals surface area contributed by atoms with Crippen molar-refractivity contribution in [3.05, 3.63) is 51.2 Å². The molecule has 15 heavy (non-hydrogen) atoms. The van der Waals surface area contributed by atoms with Gasteiger partial charge in [0.2, 0.25) is 0 Å². The van der Waals surface area contributed by atoms with E-state index in [1.54, 1.807) is 18.2 Å². The molecule has 1 rings (SSSR count). The molecule has 1 aromatic carbocycles. The molecule has 0 atom stereocenters. The van der Waals surface area contributed by atoms with E-state index in [0.29, 0.717) is 0 Å². The Kier molecular flexibility index (Phi) is 3.60. The minimum atomic E-state index is -4.02. The maximum Gasteiger partial charge on any atom is 0.421 e. The number of rotatable bonds is 4. The Morgan fingerprint density at radius 2 is 1.67 bits per heavy atom. The summed E-state index contributed by atoms with van der Waals surface area (Å²) in [6.07, 6.45) is 0. The summed E-state index contributed by atoms with van der Waals surface area (Å²) in [4.78, 5) is 10.3. The van der Waals surface area contributed by atoms with Gasteiger partial charge in [-0.1, -0.05) is 18.2 Å². The molecule has 0 saturated heterocycles. The molecule has 1 aromatic rings. The highest BCUT2D eigenvalue weighted by atomic mass is 31.2. The van der Waals surface area contributed by atoms with Gasteiger partial charge in [-0.05, 0) is 23.2 Å². The first-order chi connectivity index (χ1) is 7.20. The molecule has 0 heterocycles. The number of hydrogen-bond donors (Lipinski definition) is 0. The molecule has 0 saturated carbocycles. The van der Waals surface area contributed by atoms with Gasteiger partial charge in [0, 0.05) is 19.6 Å². The SMILES string of the molecule is [N-]=[N+]=NP(=O)(N=[N+]=[N-])Oc1ccccc1. The second-order valence-electron chi connectivity index (χ2n) is 2.25. The van der Waals surface area contributed by atoms with E-state index in [4.69, 9.17) is 15.6 Å². The Labute approximate surface area is 84.3 Å². The lowest BCUT2D eigenvalue weighted by molar-refractivity contribution is 0.483. The molecule has 0 aliphatic heterocycles. The molecule has 0 amide bonds. The first-order valence-corrected chi connectivity index (χ1v) is 5.21. The molecule has 8 nitrogen and oxygen atoms in total. The highest BCUT2D eigenvalue weighted by Gasteiger charge is 2.20. The van der Waals surface area contributed by atoms with Crippen LogP contribution in [0, 0.1) is 0 Å². The van der Waals surface area contributed by atoms with Gasteiger partial charge in [-0.25, -0.2) is 0 Å². The monoisotopic (exact) mass is 224 g/mol. The standard InChI is InChI=1S/C6H5N6O2P/c7-9-11-15(13,12-10-8)14-6-4-2-1-3-5-6/h1-5H. The quantitative estimate of drug-likeness (QED) is 0.334. The fourth-order valence-corrected chi connectivity index (χ4v) is 1.48. The van der Waals surface area contributed by atoms with Gasteiger partial charge in [-0.3, -0.25) is 4.57 Å². The molecule has 0 aromatic heterocycles. The van der Waals surface area contributed by atoms with Crippen molar-refractivity contribution in [2.45, 2.75) is 0 Å². The summed E-state index contributed by atoms with van der Waals surface area (Å²) in [6, 6.07) is 7.97. The van der Waals surface area contributed by atoms with Crippen molar-refractivity contribution in [1.29, 1.82) is 0 Å². The highest BCUT2D eigenvalue weighted by Crippen LogP contribution is 2.50. The highest BCUT2D eigenvalue weighted by molar-refractivity contribution is 7.56. The fraction of sp³-hybridized carbons (Fsp3) is 0. The van der Waals surface area contributed by atoms with Gasteiger partial charge in [0.1, 0.15) is 5.75 Å². The lowest BCUT2D eigenvalue weighted by Gasteiger charge is -2.07. The zero-order valence-electron chi connectivity index (χ0n) is 7.33. The van der Waals surface area contributed by atoms with E-state index >= 15 is 0 Å². The number of hydrogen-bond acceptors (Lipinski definition) is 2. The van der Waals surface area contributed by atoms with Crippen molar-refractivity contribution >= 4 is 7.67 Å². The second-order valence-corrected chi connectivity index (χ2v) is 3.77. The summed E-state index contributed by atoms with van der Waals surface area (Å²) in [7, 11) is -4.02. The third-order valence-electron chi connectivity index (χ3n) is 1.27. The van der Waals surface area contributed by atoms with Crippen molar-refractivity contribution in [3.8, 4) is 5.75 Å². The van der Waals surface area contributed by atoms with Gasteiger partial charge in [-0.2, -0.15) is 0 Å². The molecule has 9 heteroatoms. The first kappa shape index (κ1) is 10.9. The topological polar surface area (TPSA) is 124 Å². The molecule has 0 fully saturated rings. The van der Waals surface area contributed by atoms with Gasteiger partial charge in [-0.15, -0.1) is 0 Å². The van der Waals surface area contributed by atoms with E-state index in [1.807, 2.05) is 0 Å². The predicted molar refractivity (Wildman–Crippen MR) is 53.0 cm³/mol. The maximum atomic E-state index is 11.5. The normalized spacial score (nSPS) is 12.8. The summed E-state index contributed by atoms with van der Waals surface area (Å²) in [5, 5.41) is 0. The van der Waals surface area contributed by atoms with Crippen LogP contribution < -0.4 is 4.52 Å². The van der Waals surface area contributed by atoms with Crippen LogP contribution in [0.15, 0.2) is 40.1 Å². The molecule has 0 N–H and O–H groups in total. The average molecular weight is 224 g/mol. The molecule has 76 valence electrons. The van der Waals surface area contributed by atoms with Crippen LogP contribution in [0.4, 0.5) is 0 Å². The number of nitrogens with zero attached hydrogens (tertiary/aromatic N) is 6. The van der Waals surface area contributed by atoms with Gasteiger partial charge in [0.15, 0.2) is 0 Å². The summed E-state index contributed by atoms with van der Waals surface area (Å²) in [5.74, 6) is 0.195. The van der Waals surface area contributed by atoms with Crippen LogP contribution in [0.5, 0.6) is 5.75 Å². The Balaban J connectivity index is 3.00. The van der Waals surface area contributed by atoms with Crippen LogP contribution in [0.2, 0.25) is 0 Å². The summed E-state index contributed by atoms with van der Waals surface area (Å²) < 4.78 is 16.3. The Bertz CT molecular complexity index is 454. The zero-order chi connectivity index (χ0) is 11.1. The molecule has 0 bridgehead atoms. The fourth-order valence-electron chi connectivity index (χ4n) is 0.774. The van der Waals surface area contributed by atoms with Crippen molar-refractivity contribution in [2.24, 2.45) is 9.77 Å². The predicted octanol–water partition coefficient (Wildman–Crippen LogP) is 3.79. The van der Waals surface area contributed by atoms with Crippen molar-refractivity contribution in [1.82, 2.24) is 0 Å². The van der Waals surface area contributed by atoms with E-state index in [1.165, 1.54) is 12.1 Å². The third kappa shape index (κ3) is 3.25. The Morgan fingerprint density at radius 3 is 2.13 bits per heavy atom. The van der Waals surface area contributed by atoms with Crippen LogP contribution in [0.25, 0.3) is 20.9 Å². The molecule has 0 unspecified atom stereocenters. The summed E-state index contributed by atoms with van der Waals surface area (Å²) >= 11 is 0. The number of para-hydroxylation sites is 1. The summed E-state index contributed by atoms with van der Waals surface area (Å²) in [6.45, 7) is 0. The molecule has 0 spiro atoms. The molecular formula is C6H5N6O2P. The molecule has 0 radical (unpaired) electrons. The van der Waals surface area contributed by atoms with E-state index < -0.39 is 7.67 Å². The first-order valence-electron chi connectivity index (χ1n) is 3.68. The van der Waals surface area contributed by atoms with E-state index in [9.17, 15) is 4.57 Å². The molecule has 0 aliphatic carbocycles. The average Bonchev–Trinajstić information content (AvgIpc) is 2.19. The Hall–Kier alpha value is -2.13. The molecular weight excluding hydrogens is 219 g/mol. The Morgan fingerprint density at radius 1 is 1.13 bits per heavy atom. The lowest BCUT2D eigenvalue weighted by atomic mass is 10.3. The molecule has 0 aliphatic rings. The minimum absolute atomic E-state index is 0.195. The largest absolute Gasteiger partial charge is 0.435 e. The van der Waals surface area contributed by atoms with Crippen LogP contribution >= 0.6 is 7.67 Å². The van der Waals surface area contributed by atoms with Crippen LogP contribution in [-0.4, -0.2) is 0 Å². The minimum Gasteiger partial charge on any atom is -0.435 e. The smallest absolute Gasteiger partial charge is 0.421 e. The number of benzene rings is 1. The van der Waals surface area contributed by atoms with Crippen LogP contribution in [-0.2, 0) is 4.57 Å². The van der Waals surface area contributed by atoms with E-state index in [-0.39, 0.29) is 5.75 Å². The van der Waals surface area contributed by atoms with Crippen molar-refractivity contribution in [3.63, 3.8) is 0 Å². The van der Waals surface area contributed by atoms with Gasteiger partial charge in [0.05, 0.1) is 0 Å². The van der Waals surface area contributed by atoms with Crippen LogP contribution in [0.3, 0.4) is 0 Å². The van der Waals surface area contributed by atoms with Gasteiger partial charge >= 0.3 is 7.67 Å². The third-order valence-corrected chi connectivity index (χ3v) is 2.33. The van der Waals surface area contributed by atoms with Gasteiger partial charge in [0.25, 0.3) is 0 Å². The van der Waals surface area contributed by atoms with Crippen molar-refractivity contribution in [2.75, 3.05) is 0 Å². The van der Waals surface area contributed by atoms with Crippen molar-refractivity contribution < 1.29 is 9.09 Å². The second kappa shape index (κ2) is 4.93. The van der Waals surface area contributed by atoms with E-state index in [0.717, 1.165) is 0 Å². The number of azide groups is 1. The van der Waals surface area contributed by atoms with Gasteiger partial charge < -0.3 is 4.52 Å². The zero-order valence-corrected chi connectivity index (χ0v) is 8.23. The lowest BCUT2D eigenvalue weighted by Crippen LogP contribution is -1.85. The van der Waals surface area contributed by atoms with E-state index in [2.05, 4.69) is 19.6 Å². The maximum absolute atomic E-state index is 11.5.